The summed E-state index contributed by atoms with van der Waals surface area (Å²) in [6.07, 6.45) is 0. The summed E-state index contributed by atoms with van der Waals surface area (Å²) in [5.41, 5.74) is 39.1. The van der Waals surface area contributed by atoms with E-state index in [4.69, 9.17) is 0 Å². The van der Waals surface area contributed by atoms with E-state index in [2.05, 4.69) is 508 Å². The molecule has 4 aromatic heterocycles. The second kappa shape index (κ2) is 31.5. The first-order valence-corrected chi connectivity index (χ1v) is 47.3. The maximum absolute atomic E-state index is 2.42. The number of anilines is 6. The smallest absolute Gasteiger partial charge is 0.0541 e. The molecule has 624 valence electrons. The van der Waals surface area contributed by atoms with Crippen molar-refractivity contribution in [1.82, 2.24) is 9.13 Å². The Morgan fingerprint density at radius 3 is 0.909 bits per heavy atom. The van der Waals surface area contributed by atoms with Crippen LogP contribution in [0.1, 0.15) is 49.9 Å². The molecule has 0 fully saturated rings. The molecule has 0 spiro atoms. The van der Waals surface area contributed by atoms with Crippen LogP contribution in [0, 0.1) is 0 Å². The molecule has 4 heterocycles. The van der Waals surface area contributed by atoms with Crippen LogP contribution in [-0.2, 0) is 10.8 Å². The van der Waals surface area contributed by atoms with E-state index in [1.807, 2.05) is 22.7 Å². The van der Waals surface area contributed by atoms with E-state index in [-0.39, 0.29) is 10.8 Å². The molecule has 0 aliphatic heterocycles. The first kappa shape index (κ1) is 78.3. The number of thiophene rings is 2. The largest absolute Gasteiger partial charge is 0.310 e. The number of hydrogen-bond acceptors (Lipinski definition) is 4. The van der Waals surface area contributed by atoms with Crippen molar-refractivity contribution in [2.45, 2.75) is 38.5 Å². The lowest BCUT2D eigenvalue weighted by atomic mass is 9.82. The Labute approximate surface area is 776 Å². The molecule has 0 bridgehead atoms. The topological polar surface area (TPSA) is 16.3 Å². The summed E-state index contributed by atoms with van der Waals surface area (Å²) in [6.45, 7) is 9.43. The highest BCUT2D eigenvalue weighted by Crippen LogP contribution is 2.55. The van der Waals surface area contributed by atoms with Crippen molar-refractivity contribution in [2.75, 3.05) is 9.80 Å². The lowest BCUT2D eigenvalue weighted by Crippen LogP contribution is -2.16. The number of aromatic nitrogens is 2. The second-order valence-electron chi connectivity index (χ2n) is 36.2. The minimum absolute atomic E-state index is 0.109. The van der Waals surface area contributed by atoms with Gasteiger partial charge in [0.05, 0.1) is 22.1 Å². The molecule has 2 aliphatic rings. The quantitative estimate of drug-likeness (QED) is 0.108. The molecule has 0 saturated heterocycles. The van der Waals surface area contributed by atoms with Crippen LogP contribution in [0.3, 0.4) is 0 Å². The highest BCUT2D eigenvalue weighted by molar-refractivity contribution is 7.26. The minimum Gasteiger partial charge on any atom is -0.310 e. The molecule has 0 radical (unpaired) electrons. The lowest BCUT2D eigenvalue weighted by molar-refractivity contribution is 0.660. The van der Waals surface area contributed by atoms with Gasteiger partial charge in [0.25, 0.3) is 0 Å². The van der Waals surface area contributed by atoms with Gasteiger partial charge in [-0.15, -0.1) is 22.7 Å². The molecular formula is C126H88N4S2. The molecule has 4 nitrogen and oxygen atoms in total. The predicted molar refractivity (Wildman–Crippen MR) is 564 cm³/mol. The van der Waals surface area contributed by atoms with E-state index in [1.165, 1.54) is 201 Å². The van der Waals surface area contributed by atoms with Crippen molar-refractivity contribution in [3.05, 3.63) is 483 Å². The van der Waals surface area contributed by atoms with E-state index < -0.39 is 0 Å². The maximum Gasteiger partial charge on any atom is 0.0541 e. The summed E-state index contributed by atoms with van der Waals surface area (Å²) in [6, 6.07) is 170. The van der Waals surface area contributed by atoms with E-state index >= 15 is 0 Å². The number of rotatable bonds is 14. The fourth-order valence-electron chi connectivity index (χ4n) is 21.4. The predicted octanol–water partition coefficient (Wildman–Crippen LogP) is 35.9. The van der Waals surface area contributed by atoms with Gasteiger partial charge in [0.2, 0.25) is 0 Å². The SMILES string of the molecule is CC1(C)c2ccccc2-c2ccc(N(c3ccc(-c4ccccc4)cc3)c3ccc(-c4cc(-c5ccc(-n6c7ccccc7c7ccccc76)cc5)c5sc6ccccc6c5c4)cc3)cc21.CC1(C)c2ccccc2-c2ccc(N(c3ccc(-c4ccccc4)cc3)c3ccc(-c4cc(-c5ccc6c(c5)c5ccccc5n6-c5ccccc5)c5sc6ccccc6c5c4)cc3)cc21. The molecule has 0 unspecified atom stereocenters. The number of nitrogens with zero attached hydrogens (tertiary/aromatic N) is 4. The van der Waals surface area contributed by atoms with Crippen molar-refractivity contribution in [3.8, 4) is 100 Å². The summed E-state index contributed by atoms with van der Waals surface area (Å²) in [7, 11) is 0. The molecule has 0 atom stereocenters. The van der Waals surface area contributed by atoms with Gasteiger partial charge in [-0.2, -0.15) is 0 Å². The summed E-state index contributed by atoms with van der Waals surface area (Å²) in [5, 5.41) is 10.2. The highest BCUT2D eigenvalue weighted by Gasteiger charge is 2.38. The van der Waals surface area contributed by atoms with Crippen LogP contribution in [-0.4, -0.2) is 9.13 Å². The molecule has 24 aromatic rings. The lowest BCUT2D eigenvalue weighted by Gasteiger charge is -2.28. The van der Waals surface area contributed by atoms with E-state index in [0.29, 0.717) is 0 Å². The molecule has 6 heteroatoms. The van der Waals surface area contributed by atoms with Gasteiger partial charge in [-0.25, -0.2) is 0 Å². The van der Waals surface area contributed by atoms with Gasteiger partial charge in [0.1, 0.15) is 0 Å². The summed E-state index contributed by atoms with van der Waals surface area (Å²) in [4.78, 5) is 4.83. The minimum atomic E-state index is -0.111. The van der Waals surface area contributed by atoms with Gasteiger partial charge < -0.3 is 18.9 Å². The van der Waals surface area contributed by atoms with Crippen molar-refractivity contribution in [2.24, 2.45) is 0 Å². The summed E-state index contributed by atoms with van der Waals surface area (Å²) < 4.78 is 10.0. The number of para-hydroxylation sites is 4. The first-order chi connectivity index (χ1) is 64.9. The van der Waals surface area contributed by atoms with Crippen LogP contribution in [0.25, 0.3) is 184 Å². The standard InChI is InChI=1S/2C63H44N2S/c1-63(2)57-22-12-9-19-50(57)51-35-34-49(40-58(51)63)64(47-30-25-42(26-31-47)41-15-5-3-6-16-41)48-32-27-43(28-33-48)45-38-54(62-56(39-45)53-21-11-14-24-61(53)66-62)44-29-36-60-55(37-44)52-20-10-13-23-59(52)65(60)46-17-7-4-8-18-46;1-63(2)57-20-10-6-16-50(57)51-37-36-49(40-58(51)63)64(46-30-24-42(25-31-46)41-14-4-3-5-15-41)47-32-26-43(27-33-47)45-38-55(62-56(39-45)54-19-9-13-23-61(54)66-62)44-28-34-48(35-29-44)65-59-21-11-7-17-52(59)53-18-8-12-22-60(53)65/h2*3-40H,1-2H3. The normalized spacial score (nSPS) is 12.8. The second-order valence-corrected chi connectivity index (χ2v) is 38.3. The van der Waals surface area contributed by atoms with Gasteiger partial charge in [-0.3, -0.25) is 0 Å². The summed E-state index contributed by atoms with van der Waals surface area (Å²) in [5.74, 6) is 0. The Morgan fingerprint density at radius 1 is 0.182 bits per heavy atom. The zero-order chi connectivity index (χ0) is 87.9. The Bertz CT molecular complexity index is 8600. The molecule has 132 heavy (non-hydrogen) atoms. The van der Waals surface area contributed by atoms with Crippen LogP contribution < -0.4 is 9.80 Å². The monoisotopic (exact) mass is 1720 g/mol. The van der Waals surface area contributed by atoms with Gasteiger partial charge in [0.15, 0.2) is 0 Å². The maximum atomic E-state index is 2.42. The van der Waals surface area contributed by atoms with Gasteiger partial charge in [-0.05, 0) is 264 Å². The third-order valence-electron chi connectivity index (χ3n) is 28.0. The number of fused-ring (bicyclic) bond motifs is 18. The van der Waals surface area contributed by atoms with Gasteiger partial charge in [-0.1, -0.05) is 325 Å². The molecule has 2 aliphatic carbocycles. The molecule has 0 amide bonds. The Morgan fingerprint density at radius 2 is 0.477 bits per heavy atom. The third kappa shape index (κ3) is 13.1. The molecular weight excluding hydrogens is 1630 g/mol. The Hall–Kier alpha value is -16.0. The van der Waals surface area contributed by atoms with Crippen LogP contribution in [0.15, 0.2) is 461 Å². The van der Waals surface area contributed by atoms with Crippen LogP contribution in [0.5, 0.6) is 0 Å². The van der Waals surface area contributed by atoms with E-state index in [1.54, 1.807) is 0 Å². The number of hydrogen-bond donors (Lipinski definition) is 0. The molecule has 26 rings (SSSR count). The zero-order valence-electron chi connectivity index (χ0n) is 73.5. The average Bonchev–Trinajstić information content (AvgIpc) is 1.58. The van der Waals surface area contributed by atoms with Crippen LogP contribution in [0.4, 0.5) is 34.1 Å². The van der Waals surface area contributed by atoms with Gasteiger partial charge >= 0.3 is 0 Å². The van der Waals surface area contributed by atoms with Crippen molar-refractivity contribution < 1.29 is 0 Å². The highest BCUT2D eigenvalue weighted by atomic mass is 32.1. The van der Waals surface area contributed by atoms with E-state index in [9.17, 15) is 0 Å². The van der Waals surface area contributed by atoms with Crippen molar-refractivity contribution >= 4 is 141 Å². The fraction of sp³-hybridized carbons (Fsp3) is 0.0476. The Kier molecular flexibility index (Phi) is 18.7. The molecule has 20 aromatic carbocycles. The first-order valence-electron chi connectivity index (χ1n) is 45.7. The fourth-order valence-corrected chi connectivity index (χ4v) is 23.9. The molecule has 0 saturated carbocycles. The molecule has 0 N–H and O–H groups in total. The van der Waals surface area contributed by atoms with Crippen molar-refractivity contribution in [1.29, 1.82) is 0 Å². The summed E-state index contributed by atoms with van der Waals surface area (Å²) >= 11 is 3.78. The van der Waals surface area contributed by atoms with Gasteiger partial charge in [0, 0.05) is 129 Å². The zero-order valence-corrected chi connectivity index (χ0v) is 75.1. The van der Waals surface area contributed by atoms with Crippen molar-refractivity contribution in [3.63, 3.8) is 0 Å². The van der Waals surface area contributed by atoms with E-state index in [0.717, 1.165) is 39.8 Å². The van der Waals surface area contributed by atoms with Crippen LogP contribution >= 0.6 is 22.7 Å². The average molecular weight is 1720 g/mol. The third-order valence-corrected chi connectivity index (χ3v) is 30.4. The Balaban J connectivity index is 0.000000142. The number of benzene rings is 20. The van der Waals surface area contributed by atoms with Crippen LogP contribution in [0.2, 0.25) is 0 Å².